The molecule has 25 atom stereocenters. The fraction of sp³-hybridized carbons (Fsp3) is 0.935. The molecule has 0 aliphatic carbocycles. The number of amides is 1. The van der Waals surface area contributed by atoms with E-state index in [0.29, 0.717) is 0 Å². The lowest BCUT2D eigenvalue weighted by Gasteiger charge is -2.50. The molecule has 502 valence electrons. The van der Waals surface area contributed by atoms with E-state index >= 15 is 0 Å². The molecule has 0 aromatic heterocycles. The summed E-state index contributed by atoms with van der Waals surface area (Å²) >= 11 is 0. The number of nitrogens with one attached hydrogen (secondary N) is 3. The van der Waals surface area contributed by atoms with Crippen LogP contribution < -0.4 is 19.9 Å². The van der Waals surface area contributed by atoms with Crippen molar-refractivity contribution in [3.05, 3.63) is 0 Å². The minimum atomic E-state index is -6.37. The zero-order chi connectivity index (χ0) is 64.9. The van der Waals surface area contributed by atoms with Crippen molar-refractivity contribution in [1.82, 2.24) is 14.8 Å². The monoisotopic (exact) mass is 1400 g/mol. The van der Waals surface area contributed by atoms with E-state index in [0.717, 1.165) is 11.8 Å². The third kappa shape index (κ3) is 19.2. The van der Waals surface area contributed by atoms with E-state index in [1.54, 1.807) is 0 Å². The maximum atomic E-state index is 14.2. The molecule has 6 heterocycles. The number of methoxy groups -OCH3 is 1. The Labute approximate surface area is 482 Å². The molecule has 86 heavy (non-hydrogen) atoms. The molecule has 6 aliphatic heterocycles. The summed E-state index contributed by atoms with van der Waals surface area (Å²) in [5, 5.41) is 81.2. The molecule has 0 bridgehead atoms. The van der Waals surface area contributed by atoms with E-state index in [4.69, 9.17) is 47.4 Å². The highest BCUT2D eigenvalue weighted by Crippen LogP contribution is 2.39. The Bertz CT molecular complexity index is 3230. The van der Waals surface area contributed by atoms with Crippen molar-refractivity contribution in [2.45, 2.75) is 153 Å². The van der Waals surface area contributed by atoms with Crippen LogP contribution in [0, 0.1) is 0 Å². The lowest BCUT2D eigenvalue weighted by Crippen LogP contribution is -2.70. The highest BCUT2D eigenvalue weighted by atomic mass is 32.3. The number of ether oxygens (including phenoxy) is 10. The van der Waals surface area contributed by atoms with Gasteiger partial charge >= 0.3 is 0 Å². The molecule has 0 aromatic rings. The molecule has 9 N–H and O–H groups in total. The van der Waals surface area contributed by atoms with Crippen LogP contribution in [0.15, 0.2) is 0 Å². The normalized spacial score (nSPS) is 40.6. The molecule has 0 spiro atoms. The zero-order valence-electron chi connectivity index (χ0n) is 41.5. The van der Waals surface area contributed by atoms with E-state index < -0.39 is 258 Å². The first-order valence-electron chi connectivity index (χ1n) is 22.7. The number of aliphatic carboxylic acids is 1. The van der Waals surface area contributed by atoms with Gasteiger partial charge in [0.05, 0.1) is 25.8 Å². The summed E-state index contributed by atoms with van der Waals surface area (Å²) in [5.41, 5.74) is 0. The predicted octanol–water partition coefficient (Wildman–Crippen LogP) is -16.8. The number of aliphatic hydroxyl groups is 6. The summed E-state index contributed by atoms with van der Waals surface area (Å²) < 4.78 is 324. The number of hydrogen-bond donors (Lipinski definition) is 9. The SMILES string of the molecule is CO[C@H]1O[C@H](COS(=O)(=O)[O-])[C@@H](O[C@@H]2O[C@H]3C(=O)N[C@H]4[C@H](O[C@@H]3[C@H](O)[C@H]2OS(=O)(=O)[O-])O[C@H](COS(=O)(=O)[O-])[C@@H](O[C@@H]2O[C@H](C(=O)[O-])[C@@H](O[C@H]3O[C@H](COS(=O)(=O)[O-])[C@@H](O)[C@H](O)[C@H]3NS(=O)(=O)[O-])[C@H](O)[C@H]2O)[C@@H]4OS(=O)(=O)[O-])[C@H](O)[C@H]1NS(=O)(=O)[O-]. The average molecular weight is 1400 g/mol. The van der Waals surface area contributed by atoms with E-state index in [2.05, 4.69) is 20.9 Å². The highest BCUT2D eigenvalue weighted by Gasteiger charge is 2.62. The second-order valence-corrected chi connectivity index (χ2v) is 25.6. The Morgan fingerprint density at radius 2 is 0.953 bits per heavy atom. The Hall–Kier alpha value is -2.61. The van der Waals surface area contributed by atoms with Gasteiger partial charge in [-0.05, 0) is 0 Å². The first-order valence-corrected chi connectivity index (χ1v) is 32.2. The Balaban J connectivity index is 1.36. The van der Waals surface area contributed by atoms with Gasteiger partial charge < -0.3 is 125 Å². The number of carboxylic acids is 1. The lowest BCUT2D eigenvalue weighted by molar-refractivity contribution is -0.383. The van der Waals surface area contributed by atoms with Crippen molar-refractivity contribution < 1.29 is 204 Å². The van der Waals surface area contributed by atoms with Gasteiger partial charge in [0.2, 0.25) is 52.0 Å². The van der Waals surface area contributed by atoms with Crippen LogP contribution in [0.25, 0.3) is 0 Å². The summed E-state index contributed by atoms with van der Waals surface area (Å²) in [6.07, 6.45) is -60.4. The van der Waals surface area contributed by atoms with E-state index in [1.165, 1.54) is 4.72 Å². The van der Waals surface area contributed by atoms with E-state index in [1.807, 2.05) is 5.32 Å². The van der Waals surface area contributed by atoms with Gasteiger partial charge in [-0.25, -0.2) is 68.4 Å². The number of carbonyl (C=O) groups is 2. The quantitative estimate of drug-likeness (QED) is 0.0303. The molecule has 6 aliphatic rings. The Kier molecular flexibility index (Phi) is 23.0. The van der Waals surface area contributed by atoms with Gasteiger partial charge in [-0.2, -0.15) is 0 Å². The zero-order valence-corrected chi connectivity index (χ0v) is 47.2. The van der Waals surface area contributed by atoms with Gasteiger partial charge in [0.25, 0.3) is 5.91 Å². The van der Waals surface area contributed by atoms with Crippen molar-refractivity contribution >= 4 is 84.5 Å². The van der Waals surface area contributed by atoms with Gasteiger partial charge in [-0.15, -0.1) is 0 Å². The number of fused-ring (bicyclic) bond motifs is 2. The minimum Gasteiger partial charge on any atom is -0.735 e. The van der Waals surface area contributed by atoms with Gasteiger partial charge in [0.15, 0.2) is 64.3 Å². The van der Waals surface area contributed by atoms with Crippen LogP contribution in [0.5, 0.6) is 0 Å². The van der Waals surface area contributed by atoms with Crippen LogP contribution >= 0.6 is 0 Å². The van der Waals surface area contributed by atoms with Crippen molar-refractivity contribution in [3.63, 3.8) is 0 Å². The number of rotatable bonds is 25. The van der Waals surface area contributed by atoms with Crippen LogP contribution in [0.3, 0.4) is 0 Å². The molecule has 0 aromatic carbocycles. The van der Waals surface area contributed by atoms with Gasteiger partial charge in [-0.1, -0.05) is 0 Å². The van der Waals surface area contributed by atoms with Crippen molar-refractivity contribution in [3.8, 4) is 0 Å². The van der Waals surface area contributed by atoms with Crippen LogP contribution in [0.1, 0.15) is 0 Å². The maximum Gasteiger partial charge on any atom is 0.252 e. The molecular weight excluding hydrogens is 1360 g/mol. The number of carboxylic acid groups (broad SMARTS) is 1. The molecule has 0 saturated carbocycles. The van der Waals surface area contributed by atoms with E-state index in [9.17, 15) is 136 Å². The Morgan fingerprint density at radius 3 is 1.44 bits per heavy atom. The molecular formula is C31H43N3O45S7-8. The summed E-state index contributed by atoms with van der Waals surface area (Å²) in [5.74, 6) is -4.44. The first kappa shape index (κ1) is 72.5. The largest absolute Gasteiger partial charge is 0.735 e. The summed E-state index contributed by atoms with van der Waals surface area (Å²) in [4.78, 5) is 26.9. The molecule has 1 amide bonds. The van der Waals surface area contributed by atoms with Crippen LogP contribution in [0.4, 0.5) is 0 Å². The van der Waals surface area contributed by atoms with Crippen LogP contribution in [-0.2, 0) is 150 Å². The van der Waals surface area contributed by atoms with Crippen molar-refractivity contribution in [2.24, 2.45) is 0 Å². The minimum absolute atomic E-state index is 0.743. The fourth-order valence-electron chi connectivity index (χ4n) is 9.06. The van der Waals surface area contributed by atoms with Crippen molar-refractivity contribution in [1.29, 1.82) is 0 Å². The molecule has 0 radical (unpaired) electrons. The average Bonchev–Trinajstić information content (AvgIpc) is 1.41. The second kappa shape index (κ2) is 27.3. The molecule has 55 heteroatoms. The smallest absolute Gasteiger partial charge is 0.252 e. The second-order valence-electron chi connectivity index (χ2n) is 18.1. The molecule has 0 unspecified atom stereocenters. The molecule has 6 rings (SSSR count). The summed E-state index contributed by atoms with van der Waals surface area (Å²) in [6.45, 7) is -4.97. The number of hydrogen-bond acceptors (Lipinski definition) is 45. The lowest BCUT2D eigenvalue weighted by atomic mass is 9.94. The van der Waals surface area contributed by atoms with Crippen LogP contribution in [-0.4, -0.2) is 314 Å². The Morgan fingerprint density at radius 1 is 0.488 bits per heavy atom. The topological polar surface area (TPSA) is 754 Å². The van der Waals surface area contributed by atoms with Gasteiger partial charge in [0, 0.05) is 7.11 Å². The van der Waals surface area contributed by atoms with Crippen molar-refractivity contribution in [2.75, 3.05) is 26.9 Å². The third-order valence-corrected chi connectivity index (χ3v) is 15.7. The summed E-state index contributed by atoms with van der Waals surface area (Å²) in [7, 11) is -40.7. The predicted molar refractivity (Wildman–Crippen MR) is 232 cm³/mol. The van der Waals surface area contributed by atoms with E-state index in [-0.39, 0.29) is 0 Å². The molecule has 6 saturated heterocycles. The van der Waals surface area contributed by atoms with Crippen LogP contribution in [0.2, 0.25) is 0 Å². The third-order valence-electron chi connectivity index (χ3n) is 12.4. The number of aliphatic hydroxyl groups excluding tert-OH is 6. The summed E-state index contributed by atoms with van der Waals surface area (Å²) in [6, 6.07) is -7.62. The first-order chi connectivity index (χ1) is 39.1. The fourth-order valence-corrected chi connectivity index (χ4v) is 12.1. The molecule has 48 nitrogen and oxygen atoms in total. The molecule has 6 fully saturated rings. The highest BCUT2D eigenvalue weighted by molar-refractivity contribution is 7.84. The maximum absolute atomic E-state index is 14.2. The number of carbonyl (C=O) groups excluding carboxylic acids is 2. The van der Waals surface area contributed by atoms with Gasteiger partial charge in [-0.3, -0.25) is 25.7 Å². The van der Waals surface area contributed by atoms with Gasteiger partial charge in [0.1, 0.15) is 110 Å². The standard InChI is InChI=1S/C31H51N3O45S7/c1-65-27-9(34-81(47,48)49)13(37)17(6(70-27)3-67-83(53,54)55)72-31-22(79-86(62,63)64)16(40)21-23(76-31)25(41)32-10-19(78-85(59,60)61)18(7(71-29(10)75-21)4-68-84(56,57)58)73-30-15(39)14(38)20(24(77-30)26(42)43)74-28-8(33-80(44,45)46)12(36)11(35)5(69-28)2-66-82(50,51)52/h5-24,27-31,33-40H,2-4H2,1H3,(H,32,41)(H,42,43)(H,44,45,46)(H,47,48,49)(H,50,51,52)(H,53,54,55)(H,56,57,58)(H,59,60,61)(H,62,63,64)/p-8/t5-,6-,7-,8-,9-,10-,11-,12-,13-,14-,15-,16+,17-,18-,19-,20+,21-,22-,23-,24+,27+,28-,29+,30-,31-/m1/s1.